The van der Waals surface area contributed by atoms with Crippen LogP contribution in [0.15, 0.2) is 72.9 Å². The van der Waals surface area contributed by atoms with Gasteiger partial charge < -0.3 is 19.5 Å². The van der Waals surface area contributed by atoms with E-state index in [4.69, 9.17) is 0 Å². The van der Waals surface area contributed by atoms with E-state index in [-0.39, 0.29) is 0 Å². The number of pyridine rings is 1. The highest BCUT2D eigenvalue weighted by Gasteiger charge is 2.30. The summed E-state index contributed by atoms with van der Waals surface area (Å²) in [6.07, 6.45) is 11.5. The van der Waals surface area contributed by atoms with Crippen LogP contribution in [0.25, 0.3) is 22.2 Å². The van der Waals surface area contributed by atoms with Crippen molar-refractivity contribution in [1.29, 1.82) is 0 Å². The Hall–Kier alpha value is -3.90. The van der Waals surface area contributed by atoms with Gasteiger partial charge in [0.15, 0.2) is 0 Å². The van der Waals surface area contributed by atoms with Gasteiger partial charge in [-0.05, 0) is 93.6 Å². The van der Waals surface area contributed by atoms with Crippen LogP contribution in [0, 0.1) is 0 Å². The molecule has 6 rings (SSSR count). The van der Waals surface area contributed by atoms with Crippen molar-refractivity contribution in [2.75, 3.05) is 38.6 Å². The summed E-state index contributed by atoms with van der Waals surface area (Å²) in [4.78, 5) is 21.3. The zero-order valence-corrected chi connectivity index (χ0v) is 23.5. The third-order valence-corrected chi connectivity index (χ3v) is 8.49. The van der Waals surface area contributed by atoms with Gasteiger partial charge in [0, 0.05) is 60.2 Å². The predicted molar refractivity (Wildman–Crippen MR) is 162 cm³/mol. The Bertz CT molecular complexity index is 1550. The van der Waals surface area contributed by atoms with Gasteiger partial charge in [0.1, 0.15) is 0 Å². The van der Waals surface area contributed by atoms with Crippen molar-refractivity contribution in [1.82, 2.24) is 14.5 Å². The number of benzene rings is 2. The average molecular weight is 535 g/mol. The number of allylic oxidation sites excluding steroid dienone is 2. The maximum atomic E-state index is 12.0. The molecule has 2 aliphatic rings. The maximum Gasteiger partial charge on any atom is 0.335 e. The Kier molecular flexibility index (Phi) is 7.44. The number of carboxylic acid groups (broad SMARTS) is 1. The van der Waals surface area contributed by atoms with Crippen LogP contribution in [-0.2, 0) is 19.4 Å². The summed E-state index contributed by atoms with van der Waals surface area (Å²) in [7, 11) is 4.25. The number of nitrogens with zero attached hydrogens (tertiary/aromatic N) is 4. The highest BCUT2D eigenvalue weighted by Crippen LogP contribution is 2.47. The number of rotatable bonds is 8. The first-order valence-electron chi connectivity index (χ1n) is 14.5. The van der Waals surface area contributed by atoms with Gasteiger partial charge in [-0.2, -0.15) is 0 Å². The molecule has 1 unspecified atom stereocenters. The van der Waals surface area contributed by atoms with Gasteiger partial charge >= 0.3 is 5.97 Å². The SMILES string of the molecule is CN(C)CCN1CCn2c(c(C3CC=CCC3)c3ccc(C(=O)O)cc32)-c2ccc(CCc3ccccn3)cc21. The van der Waals surface area contributed by atoms with E-state index in [1.165, 1.54) is 33.5 Å². The first kappa shape index (κ1) is 26.3. The monoisotopic (exact) mass is 534 g/mol. The van der Waals surface area contributed by atoms with Crippen molar-refractivity contribution in [3.63, 3.8) is 0 Å². The summed E-state index contributed by atoms with van der Waals surface area (Å²) >= 11 is 0. The van der Waals surface area contributed by atoms with Crippen LogP contribution < -0.4 is 4.90 Å². The molecule has 0 saturated carbocycles. The van der Waals surface area contributed by atoms with Crippen molar-refractivity contribution in [3.05, 3.63) is 95.3 Å². The Balaban J connectivity index is 1.50. The second kappa shape index (κ2) is 11.3. The maximum absolute atomic E-state index is 12.0. The van der Waals surface area contributed by atoms with Gasteiger partial charge in [0.25, 0.3) is 0 Å². The Labute approximate surface area is 236 Å². The fourth-order valence-corrected chi connectivity index (χ4v) is 6.41. The molecule has 4 aromatic rings. The molecule has 1 N–H and O–H groups in total. The number of anilines is 1. The van der Waals surface area contributed by atoms with Gasteiger partial charge in [-0.25, -0.2) is 4.79 Å². The average Bonchev–Trinajstić information content (AvgIpc) is 3.21. The molecule has 0 spiro atoms. The molecule has 1 aliphatic heterocycles. The summed E-state index contributed by atoms with van der Waals surface area (Å²) in [5, 5.41) is 11.0. The first-order chi connectivity index (χ1) is 19.5. The molecule has 0 radical (unpaired) electrons. The van der Waals surface area contributed by atoms with Crippen LogP contribution in [0.1, 0.15) is 52.4 Å². The van der Waals surface area contributed by atoms with E-state index >= 15 is 0 Å². The predicted octanol–water partition coefficient (Wildman–Crippen LogP) is 6.39. The fourth-order valence-electron chi connectivity index (χ4n) is 6.41. The molecule has 2 aromatic heterocycles. The number of hydrogen-bond acceptors (Lipinski definition) is 4. The molecular formula is C34H38N4O2. The zero-order chi connectivity index (χ0) is 27.6. The zero-order valence-electron chi connectivity index (χ0n) is 23.5. The van der Waals surface area contributed by atoms with Crippen LogP contribution >= 0.6 is 0 Å². The summed E-state index contributed by atoms with van der Waals surface area (Å²) in [6.45, 7) is 3.61. The topological polar surface area (TPSA) is 61.6 Å². The van der Waals surface area contributed by atoms with Crippen LogP contribution in [-0.4, -0.2) is 59.3 Å². The van der Waals surface area contributed by atoms with Crippen LogP contribution in [0.5, 0.6) is 0 Å². The molecule has 1 aliphatic carbocycles. The summed E-state index contributed by atoms with van der Waals surface area (Å²) in [5.74, 6) is -0.455. The Morgan fingerprint density at radius 2 is 1.95 bits per heavy atom. The van der Waals surface area contributed by atoms with Gasteiger partial charge in [-0.15, -0.1) is 0 Å². The standard InChI is InChI=1S/C34H38N4O2/c1-36(2)18-19-37-20-21-38-31-23-26(34(39)40)13-16-28(31)32(25-8-4-3-5-9-25)33(38)29-15-12-24(22-30(29)37)11-14-27-10-6-7-17-35-27/h3-4,6-7,10,12-13,15-17,22-23,25H,5,8-9,11,14,18-21H2,1-2H3,(H,39,40). The molecular weight excluding hydrogens is 496 g/mol. The summed E-state index contributed by atoms with van der Waals surface area (Å²) in [5.41, 5.74) is 9.02. The van der Waals surface area contributed by atoms with E-state index in [1.807, 2.05) is 18.3 Å². The third kappa shape index (κ3) is 5.16. The van der Waals surface area contributed by atoms with E-state index in [2.05, 4.69) is 82.0 Å². The first-order valence-corrected chi connectivity index (χ1v) is 14.5. The van der Waals surface area contributed by atoms with E-state index in [9.17, 15) is 9.90 Å². The molecule has 40 heavy (non-hydrogen) atoms. The van der Waals surface area contributed by atoms with E-state index in [0.717, 1.165) is 69.5 Å². The molecule has 0 saturated heterocycles. The molecule has 1 atom stereocenters. The van der Waals surface area contributed by atoms with Gasteiger partial charge in [-0.1, -0.05) is 36.4 Å². The number of carboxylic acids is 1. The lowest BCUT2D eigenvalue weighted by Gasteiger charge is -2.27. The molecule has 0 fully saturated rings. The molecule has 2 aromatic carbocycles. The summed E-state index contributed by atoms with van der Waals surface area (Å²) < 4.78 is 2.41. The molecule has 6 nitrogen and oxygen atoms in total. The fraction of sp³-hybridized carbons (Fsp3) is 0.353. The molecule has 206 valence electrons. The molecule has 0 bridgehead atoms. The number of aromatic carboxylic acids is 1. The van der Waals surface area contributed by atoms with Crippen molar-refractivity contribution in [2.45, 2.75) is 44.6 Å². The Morgan fingerprint density at radius 3 is 2.70 bits per heavy atom. The number of fused-ring (bicyclic) bond motifs is 5. The number of aromatic nitrogens is 2. The number of carbonyl (C=O) groups is 1. The number of aryl methyl sites for hydroxylation is 2. The third-order valence-electron chi connectivity index (χ3n) is 8.49. The van der Waals surface area contributed by atoms with Crippen molar-refractivity contribution in [2.24, 2.45) is 0 Å². The van der Waals surface area contributed by atoms with Gasteiger partial charge in [-0.3, -0.25) is 4.98 Å². The quantitative estimate of drug-likeness (QED) is 0.265. The van der Waals surface area contributed by atoms with Crippen LogP contribution in [0.3, 0.4) is 0 Å². The second-order valence-electron chi connectivity index (χ2n) is 11.4. The van der Waals surface area contributed by atoms with Crippen LogP contribution in [0.4, 0.5) is 5.69 Å². The summed E-state index contributed by atoms with van der Waals surface area (Å²) in [6, 6.07) is 18.8. The smallest absolute Gasteiger partial charge is 0.335 e. The van der Waals surface area contributed by atoms with Crippen molar-refractivity contribution >= 4 is 22.6 Å². The molecule has 6 heteroatoms. The lowest BCUT2D eigenvalue weighted by Crippen LogP contribution is -2.33. The molecule has 3 heterocycles. The van der Waals surface area contributed by atoms with Gasteiger partial charge in [0.2, 0.25) is 0 Å². The Morgan fingerprint density at radius 1 is 1.05 bits per heavy atom. The highest BCUT2D eigenvalue weighted by atomic mass is 16.4. The normalized spacial score (nSPS) is 16.7. The van der Waals surface area contributed by atoms with Crippen molar-refractivity contribution in [3.8, 4) is 11.3 Å². The highest BCUT2D eigenvalue weighted by molar-refractivity contribution is 5.99. The van der Waals surface area contributed by atoms with Crippen LogP contribution in [0.2, 0.25) is 0 Å². The minimum atomic E-state index is -0.876. The van der Waals surface area contributed by atoms with Crippen molar-refractivity contribution < 1.29 is 9.90 Å². The van der Waals surface area contributed by atoms with E-state index in [1.54, 1.807) is 6.07 Å². The largest absolute Gasteiger partial charge is 0.478 e. The minimum Gasteiger partial charge on any atom is -0.478 e. The van der Waals surface area contributed by atoms with E-state index < -0.39 is 5.97 Å². The lowest BCUT2D eigenvalue weighted by molar-refractivity contribution is 0.0697. The van der Waals surface area contributed by atoms with Gasteiger partial charge in [0.05, 0.1) is 11.3 Å². The second-order valence-corrected chi connectivity index (χ2v) is 11.4. The lowest BCUT2D eigenvalue weighted by atomic mass is 9.84. The van der Waals surface area contributed by atoms with E-state index in [0.29, 0.717) is 11.5 Å². The minimum absolute atomic E-state index is 0.349. The number of likely N-dealkylation sites (N-methyl/N-ethyl adjacent to an activating group) is 1. The molecule has 0 amide bonds. The number of hydrogen-bond donors (Lipinski definition) is 1.